The van der Waals surface area contributed by atoms with Crippen molar-refractivity contribution in [2.75, 3.05) is 13.2 Å². The highest BCUT2D eigenvalue weighted by Crippen LogP contribution is 2.25. The number of benzene rings is 1. The van der Waals surface area contributed by atoms with Crippen molar-refractivity contribution in [3.05, 3.63) is 47.3 Å². The number of halogens is 1. The van der Waals surface area contributed by atoms with Gasteiger partial charge in [0, 0.05) is 5.56 Å². The Kier molecular flexibility index (Phi) is 9.90. The second kappa shape index (κ2) is 12.5. The lowest BCUT2D eigenvalue weighted by Crippen LogP contribution is -2.58. The summed E-state index contributed by atoms with van der Waals surface area (Å²) in [6.07, 6.45) is -5.67. The molecule has 0 spiro atoms. The molecule has 2 aliphatic heterocycles. The third-order valence-corrected chi connectivity index (χ3v) is 6.35. The number of aliphatic hydroxyl groups is 8. The lowest BCUT2D eigenvalue weighted by molar-refractivity contribution is -0.227. The zero-order valence-electron chi connectivity index (χ0n) is 18.9. The molecule has 35 heavy (non-hydrogen) atoms. The van der Waals surface area contributed by atoms with E-state index in [1.165, 1.54) is 18.2 Å². The average Bonchev–Trinajstić information content (AvgIpc) is 2.85. The van der Waals surface area contributed by atoms with E-state index in [-0.39, 0.29) is 18.4 Å². The van der Waals surface area contributed by atoms with E-state index < -0.39 is 80.1 Å². The van der Waals surface area contributed by atoms with E-state index in [4.69, 9.17) is 9.47 Å². The molecule has 1 aromatic rings. The van der Waals surface area contributed by atoms with Gasteiger partial charge in [0.2, 0.25) is 0 Å². The molecule has 0 aromatic heterocycles. The van der Waals surface area contributed by atoms with E-state index in [1.807, 2.05) is 0 Å². The molecular weight excluding hydrogens is 467 g/mol. The maximum atomic E-state index is 14.5. The second-order valence-corrected chi connectivity index (χ2v) is 8.79. The Morgan fingerprint density at radius 1 is 0.657 bits per heavy atom. The van der Waals surface area contributed by atoms with E-state index in [9.17, 15) is 45.2 Å². The topological polar surface area (TPSA) is 180 Å². The monoisotopic (exact) mass is 500 g/mol. The van der Waals surface area contributed by atoms with Gasteiger partial charge in [-0.15, -0.1) is 0 Å². The van der Waals surface area contributed by atoms with Crippen molar-refractivity contribution in [1.82, 2.24) is 0 Å². The number of ether oxygens (including phenoxy) is 2. The average molecular weight is 501 g/mol. The van der Waals surface area contributed by atoms with Crippen LogP contribution in [0.4, 0.5) is 4.39 Å². The number of hydrogen-bond donors (Lipinski definition) is 8. The summed E-state index contributed by atoms with van der Waals surface area (Å²) in [7, 11) is 0. The van der Waals surface area contributed by atoms with Gasteiger partial charge in [-0.3, -0.25) is 0 Å². The van der Waals surface area contributed by atoms with Gasteiger partial charge in [-0.1, -0.05) is 36.4 Å². The van der Waals surface area contributed by atoms with Crippen molar-refractivity contribution >= 4 is 12.2 Å². The fraction of sp³-hybridized carbons (Fsp3) is 0.583. The van der Waals surface area contributed by atoms with Crippen molar-refractivity contribution in [1.29, 1.82) is 0 Å². The second-order valence-electron chi connectivity index (χ2n) is 8.79. The van der Waals surface area contributed by atoms with Gasteiger partial charge in [0.25, 0.3) is 0 Å². The summed E-state index contributed by atoms with van der Waals surface area (Å²) in [6, 6.07) is 4.48. The van der Waals surface area contributed by atoms with Crippen LogP contribution in [0.15, 0.2) is 30.4 Å². The van der Waals surface area contributed by atoms with Crippen LogP contribution in [0.2, 0.25) is 0 Å². The minimum atomic E-state index is -1.47. The third kappa shape index (κ3) is 6.52. The Balaban J connectivity index is 1.57. The molecule has 0 aliphatic carbocycles. The van der Waals surface area contributed by atoms with E-state index >= 15 is 0 Å². The van der Waals surface area contributed by atoms with Crippen molar-refractivity contribution in [3.8, 4) is 0 Å². The highest BCUT2D eigenvalue weighted by Gasteiger charge is 2.43. The van der Waals surface area contributed by atoms with Gasteiger partial charge in [-0.25, -0.2) is 4.39 Å². The molecule has 2 fully saturated rings. The highest BCUT2D eigenvalue weighted by molar-refractivity contribution is 5.56. The first-order valence-corrected chi connectivity index (χ1v) is 11.4. The Bertz CT molecular complexity index is 876. The molecule has 2 saturated heterocycles. The van der Waals surface area contributed by atoms with Crippen LogP contribution in [0.25, 0.3) is 12.2 Å². The predicted octanol–water partition coefficient (Wildman–Crippen LogP) is -1.68. The van der Waals surface area contributed by atoms with E-state index in [0.717, 1.165) is 0 Å². The molecule has 2 aliphatic rings. The lowest BCUT2D eigenvalue weighted by atomic mass is 9.93. The van der Waals surface area contributed by atoms with Crippen LogP contribution < -0.4 is 0 Å². The molecular formula is C24H33FO10. The lowest BCUT2D eigenvalue weighted by Gasteiger charge is -2.39. The summed E-state index contributed by atoms with van der Waals surface area (Å²) >= 11 is 0. The minimum Gasteiger partial charge on any atom is -0.394 e. The summed E-state index contributed by atoms with van der Waals surface area (Å²) in [5, 5.41) is 77.9. The third-order valence-electron chi connectivity index (χ3n) is 6.35. The van der Waals surface area contributed by atoms with Crippen molar-refractivity contribution in [2.24, 2.45) is 0 Å². The van der Waals surface area contributed by atoms with Crippen LogP contribution in [0.5, 0.6) is 0 Å². The number of hydrogen-bond acceptors (Lipinski definition) is 10. The molecule has 10 atom stereocenters. The van der Waals surface area contributed by atoms with Gasteiger partial charge in [0.1, 0.15) is 54.6 Å². The fourth-order valence-corrected chi connectivity index (χ4v) is 4.20. The summed E-state index contributed by atoms with van der Waals surface area (Å²) in [5.41, 5.74) is 0.791. The van der Waals surface area contributed by atoms with Crippen molar-refractivity contribution in [3.63, 3.8) is 0 Å². The highest BCUT2D eigenvalue weighted by atomic mass is 19.1. The number of aliphatic hydroxyl groups excluding tert-OH is 8. The normalized spacial score (nSPS) is 38.4. The zero-order chi connectivity index (χ0) is 25.7. The molecule has 0 radical (unpaired) electrons. The van der Waals surface area contributed by atoms with Crippen LogP contribution in [-0.4, -0.2) is 115 Å². The van der Waals surface area contributed by atoms with E-state index in [0.29, 0.717) is 5.56 Å². The molecule has 196 valence electrons. The van der Waals surface area contributed by atoms with Crippen LogP contribution >= 0.6 is 0 Å². The predicted molar refractivity (Wildman–Crippen MR) is 121 cm³/mol. The van der Waals surface area contributed by atoms with Crippen LogP contribution in [0.3, 0.4) is 0 Å². The molecule has 0 amide bonds. The molecule has 0 saturated carbocycles. The van der Waals surface area contributed by atoms with E-state index in [1.54, 1.807) is 24.3 Å². The summed E-state index contributed by atoms with van der Waals surface area (Å²) in [5.74, 6) is -0.523. The fourth-order valence-electron chi connectivity index (χ4n) is 4.20. The SMILES string of the molecule is OC[C@H]1O[C@H](CC=Cc2ccc(C=CC[C@H]3O[C@H](CO)[C@@H](O)[C@H](O)[C@@H]3O)c(F)c2)[C@@H](O)[C@@H](O)[C@@H]1O. The van der Waals surface area contributed by atoms with Crippen LogP contribution in [0, 0.1) is 5.82 Å². The minimum absolute atomic E-state index is 0.113. The van der Waals surface area contributed by atoms with Crippen molar-refractivity contribution < 1.29 is 54.7 Å². The quantitative estimate of drug-likeness (QED) is 0.205. The standard InChI is InChI=1S/C24H33FO10/c25-14-9-12(3-1-5-15-19(28)23(32)21(30)17(10-26)34-15)7-8-13(14)4-2-6-16-20(29)24(33)22(31)18(11-27)35-16/h1-4,7-9,15-24,26-33H,5-6,10-11H2/t15-,16-,17-,18-,19-,20-,21-,22-,23-,24-/m1/s1. The molecule has 11 heteroatoms. The summed E-state index contributed by atoms with van der Waals surface area (Å²) in [4.78, 5) is 0. The molecule has 1 aromatic carbocycles. The van der Waals surface area contributed by atoms with Crippen LogP contribution in [0.1, 0.15) is 24.0 Å². The molecule has 8 N–H and O–H groups in total. The van der Waals surface area contributed by atoms with E-state index in [2.05, 4.69) is 0 Å². The molecule has 3 rings (SSSR count). The number of rotatable bonds is 8. The molecule has 2 heterocycles. The van der Waals surface area contributed by atoms with Crippen molar-refractivity contribution in [2.45, 2.75) is 73.9 Å². The van der Waals surface area contributed by atoms with Gasteiger partial charge in [-0.05, 0) is 24.5 Å². The van der Waals surface area contributed by atoms with Gasteiger partial charge < -0.3 is 50.3 Å². The Morgan fingerprint density at radius 3 is 1.57 bits per heavy atom. The maximum absolute atomic E-state index is 14.5. The molecule has 0 unspecified atom stereocenters. The zero-order valence-corrected chi connectivity index (χ0v) is 18.9. The Labute approximate surface area is 201 Å². The smallest absolute Gasteiger partial charge is 0.131 e. The molecule has 10 nitrogen and oxygen atoms in total. The van der Waals surface area contributed by atoms with Gasteiger partial charge in [0.05, 0.1) is 25.4 Å². The van der Waals surface area contributed by atoms with Gasteiger partial charge >= 0.3 is 0 Å². The first-order chi connectivity index (χ1) is 16.7. The first kappa shape index (κ1) is 27.8. The summed E-state index contributed by atoms with van der Waals surface area (Å²) in [6.45, 7) is -1.03. The van der Waals surface area contributed by atoms with Crippen LogP contribution in [-0.2, 0) is 9.47 Å². The maximum Gasteiger partial charge on any atom is 0.131 e. The Morgan fingerprint density at radius 2 is 1.11 bits per heavy atom. The first-order valence-electron chi connectivity index (χ1n) is 11.4. The largest absolute Gasteiger partial charge is 0.394 e. The summed E-state index contributed by atoms with van der Waals surface area (Å²) < 4.78 is 25.4. The Hall–Kier alpha value is -1.77. The van der Waals surface area contributed by atoms with Gasteiger partial charge in [0.15, 0.2) is 0 Å². The molecule has 0 bridgehead atoms. The van der Waals surface area contributed by atoms with Gasteiger partial charge in [-0.2, -0.15) is 0 Å².